The largest absolute Gasteiger partial charge is 0.308 e. The maximum absolute atomic E-state index is 3.88. The molecule has 0 aromatic heterocycles. The lowest BCUT2D eigenvalue weighted by Gasteiger charge is -2.34. The Balaban J connectivity index is 1.61. The molecule has 0 spiro atoms. The van der Waals surface area contributed by atoms with Gasteiger partial charge in [0.2, 0.25) is 0 Å². The molecule has 1 aliphatic carbocycles. The molecule has 1 saturated carbocycles. The summed E-state index contributed by atoms with van der Waals surface area (Å²) in [4.78, 5) is 2.54. The van der Waals surface area contributed by atoms with Crippen LogP contribution in [-0.2, 0) is 0 Å². The Morgan fingerprint density at radius 1 is 1.15 bits per heavy atom. The van der Waals surface area contributed by atoms with Gasteiger partial charge in [0.15, 0.2) is 0 Å². The molecule has 1 N–H and O–H groups in total. The van der Waals surface area contributed by atoms with Gasteiger partial charge in [-0.05, 0) is 57.7 Å². The lowest BCUT2D eigenvalue weighted by atomic mass is 9.99. The van der Waals surface area contributed by atoms with Crippen LogP contribution in [0.25, 0.3) is 0 Å². The Labute approximate surface area is 123 Å². The second-order valence-corrected chi connectivity index (χ2v) is 6.76. The lowest BCUT2D eigenvalue weighted by molar-refractivity contribution is 0.176. The summed E-state index contributed by atoms with van der Waals surface area (Å²) in [5.74, 6) is 0.867. The molecule has 3 rings (SSSR count). The molecule has 2 unspecified atom stereocenters. The minimum absolute atomic E-state index is 0.575. The molecule has 2 heteroatoms. The van der Waals surface area contributed by atoms with Crippen LogP contribution >= 0.6 is 0 Å². The van der Waals surface area contributed by atoms with Gasteiger partial charge >= 0.3 is 0 Å². The summed E-state index contributed by atoms with van der Waals surface area (Å²) in [5.41, 5.74) is 2.84. The zero-order valence-electron chi connectivity index (χ0n) is 12.9. The first-order chi connectivity index (χ1) is 9.74. The summed E-state index contributed by atoms with van der Waals surface area (Å²) >= 11 is 0. The lowest BCUT2D eigenvalue weighted by Crippen LogP contribution is -2.44. The van der Waals surface area contributed by atoms with Crippen molar-refractivity contribution in [3.8, 4) is 0 Å². The zero-order valence-corrected chi connectivity index (χ0v) is 12.9. The molecule has 110 valence electrons. The van der Waals surface area contributed by atoms with Gasteiger partial charge < -0.3 is 10.2 Å². The fraction of sp³-hybridized carbons (Fsp3) is 0.667. The SMILES string of the molecule is Cc1ccc(C(NCC2CCCCN2C)C2CC2)cc1. The van der Waals surface area contributed by atoms with E-state index in [1.807, 2.05) is 0 Å². The van der Waals surface area contributed by atoms with E-state index in [4.69, 9.17) is 0 Å². The average molecular weight is 272 g/mol. The van der Waals surface area contributed by atoms with Crippen LogP contribution in [0.2, 0.25) is 0 Å². The number of rotatable bonds is 5. The van der Waals surface area contributed by atoms with Crippen molar-refractivity contribution in [3.63, 3.8) is 0 Å². The Morgan fingerprint density at radius 3 is 2.55 bits per heavy atom. The first kappa shape index (κ1) is 14.1. The predicted octanol–water partition coefficient (Wildman–Crippen LogP) is 3.52. The van der Waals surface area contributed by atoms with E-state index >= 15 is 0 Å². The Morgan fingerprint density at radius 2 is 1.90 bits per heavy atom. The van der Waals surface area contributed by atoms with Gasteiger partial charge in [0.05, 0.1) is 0 Å². The average Bonchev–Trinajstić information content (AvgIpc) is 3.27. The van der Waals surface area contributed by atoms with Crippen molar-refractivity contribution >= 4 is 0 Å². The van der Waals surface area contributed by atoms with Crippen molar-refractivity contribution in [2.45, 2.75) is 51.1 Å². The number of likely N-dealkylation sites (N-methyl/N-ethyl adjacent to an activating group) is 1. The van der Waals surface area contributed by atoms with Crippen molar-refractivity contribution in [2.75, 3.05) is 20.1 Å². The van der Waals surface area contributed by atoms with Crippen molar-refractivity contribution in [2.24, 2.45) is 5.92 Å². The third kappa shape index (κ3) is 3.42. The highest BCUT2D eigenvalue weighted by Crippen LogP contribution is 2.41. The fourth-order valence-electron chi connectivity index (χ4n) is 3.43. The van der Waals surface area contributed by atoms with Crippen molar-refractivity contribution in [3.05, 3.63) is 35.4 Å². The maximum atomic E-state index is 3.88. The normalized spacial score (nSPS) is 25.6. The van der Waals surface area contributed by atoms with E-state index in [0.717, 1.165) is 18.5 Å². The van der Waals surface area contributed by atoms with E-state index in [1.54, 1.807) is 0 Å². The zero-order chi connectivity index (χ0) is 13.9. The minimum Gasteiger partial charge on any atom is -0.308 e. The standard InChI is InChI=1S/C18H28N2/c1-14-6-8-15(9-7-14)18(16-10-11-16)19-13-17-5-3-4-12-20(17)2/h6-9,16-19H,3-5,10-13H2,1-2H3. The van der Waals surface area contributed by atoms with E-state index in [1.165, 1.54) is 49.8 Å². The Hall–Kier alpha value is -0.860. The summed E-state index contributed by atoms with van der Waals surface area (Å²) < 4.78 is 0. The molecule has 2 fully saturated rings. The van der Waals surface area contributed by atoms with Gasteiger partial charge in [-0.2, -0.15) is 0 Å². The summed E-state index contributed by atoms with van der Waals surface area (Å²) in [5, 5.41) is 3.88. The molecule has 1 saturated heterocycles. The topological polar surface area (TPSA) is 15.3 Å². The van der Waals surface area contributed by atoms with Crippen molar-refractivity contribution < 1.29 is 0 Å². The van der Waals surface area contributed by atoms with Crippen LogP contribution in [0.3, 0.4) is 0 Å². The molecule has 0 amide bonds. The summed E-state index contributed by atoms with van der Waals surface area (Å²) in [6.45, 7) is 4.58. The third-order valence-corrected chi connectivity index (χ3v) is 5.02. The molecule has 0 radical (unpaired) electrons. The second kappa shape index (κ2) is 6.28. The third-order valence-electron chi connectivity index (χ3n) is 5.02. The quantitative estimate of drug-likeness (QED) is 0.882. The highest BCUT2D eigenvalue weighted by atomic mass is 15.2. The van der Waals surface area contributed by atoms with Gasteiger partial charge in [-0.1, -0.05) is 36.2 Å². The van der Waals surface area contributed by atoms with Crippen LogP contribution in [0, 0.1) is 12.8 Å². The van der Waals surface area contributed by atoms with E-state index < -0.39 is 0 Å². The van der Waals surface area contributed by atoms with E-state index in [0.29, 0.717) is 6.04 Å². The Bertz CT molecular complexity index is 422. The van der Waals surface area contributed by atoms with Crippen molar-refractivity contribution in [1.82, 2.24) is 10.2 Å². The number of hydrogen-bond donors (Lipinski definition) is 1. The smallest absolute Gasteiger partial charge is 0.0349 e. The monoisotopic (exact) mass is 272 g/mol. The summed E-state index contributed by atoms with van der Waals surface area (Å²) in [6, 6.07) is 10.4. The number of benzene rings is 1. The highest BCUT2D eigenvalue weighted by Gasteiger charge is 2.32. The van der Waals surface area contributed by atoms with E-state index in [2.05, 4.69) is 48.5 Å². The number of aryl methyl sites for hydroxylation is 1. The van der Waals surface area contributed by atoms with Crippen LogP contribution in [0.4, 0.5) is 0 Å². The first-order valence-electron chi connectivity index (χ1n) is 8.24. The number of hydrogen-bond acceptors (Lipinski definition) is 2. The van der Waals surface area contributed by atoms with Gasteiger partial charge in [0.1, 0.15) is 0 Å². The predicted molar refractivity (Wildman–Crippen MR) is 84.9 cm³/mol. The van der Waals surface area contributed by atoms with E-state index in [-0.39, 0.29) is 0 Å². The molecule has 20 heavy (non-hydrogen) atoms. The molecule has 2 atom stereocenters. The molecule has 0 bridgehead atoms. The molecule has 1 aromatic carbocycles. The van der Waals surface area contributed by atoms with Gasteiger partial charge in [0.25, 0.3) is 0 Å². The fourth-order valence-corrected chi connectivity index (χ4v) is 3.43. The first-order valence-corrected chi connectivity index (χ1v) is 8.24. The van der Waals surface area contributed by atoms with Crippen LogP contribution < -0.4 is 5.32 Å². The van der Waals surface area contributed by atoms with Crippen LogP contribution in [0.15, 0.2) is 24.3 Å². The second-order valence-electron chi connectivity index (χ2n) is 6.76. The van der Waals surface area contributed by atoms with Crippen LogP contribution in [0.1, 0.15) is 49.3 Å². The minimum atomic E-state index is 0.575. The Kier molecular flexibility index (Phi) is 4.42. The molecular formula is C18H28N2. The summed E-state index contributed by atoms with van der Waals surface area (Å²) in [7, 11) is 2.28. The van der Waals surface area contributed by atoms with Gasteiger partial charge in [0, 0.05) is 18.6 Å². The molecular weight excluding hydrogens is 244 g/mol. The van der Waals surface area contributed by atoms with Crippen LogP contribution in [-0.4, -0.2) is 31.1 Å². The molecule has 2 nitrogen and oxygen atoms in total. The molecule has 2 aliphatic rings. The number of nitrogens with zero attached hydrogens (tertiary/aromatic N) is 1. The molecule has 1 heterocycles. The number of likely N-dealkylation sites (tertiary alicyclic amines) is 1. The maximum Gasteiger partial charge on any atom is 0.0349 e. The number of nitrogens with one attached hydrogen (secondary N) is 1. The molecule has 1 aromatic rings. The highest BCUT2D eigenvalue weighted by molar-refractivity contribution is 5.25. The number of piperidine rings is 1. The van der Waals surface area contributed by atoms with Gasteiger partial charge in [-0.3, -0.25) is 0 Å². The summed E-state index contributed by atoms with van der Waals surface area (Å²) in [6.07, 6.45) is 6.92. The van der Waals surface area contributed by atoms with Gasteiger partial charge in [-0.15, -0.1) is 0 Å². The van der Waals surface area contributed by atoms with Gasteiger partial charge in [-0.25, -0.2) is 0 Å². The van der Waals surface area contributed by atoms with E-state index in [9.17, 15) is 0 Å². The molecule has 1 aliphatic heterocycles. The van der Waals surface area contributed by atoms with Crippen molar-refractivity contribution in [1.29, 1.82) is 0 Å². The van der Waals surface area contributed by atoms with Crippen LogP contribution in [0.5, 0.6) is 0 Å².